The Bertz CT molecular complexity index is 256. The Labute approximate surface area is 79.6 Å². The van der Waals surface area contributed by atoms with Gasteiger partial charge in [-0.3, -0.25) is 0 Å². The van der Waals surface area contributed by atoms with Crippen molar-refractivity contribution in [1.82, 2.24) is 0 Å². The largest absolute Gasteiger partial charge is 0.550 e. The van der Waals surface area contributed by atoms with Gasteiger partial charge in [0.2, 0.25) is 0 Å². The standard InChI is InChI=1S/C6H7OP.C3H6O2/c7-5-2-1-3-6(8)4-5;1-2-3(4)5/h1-4,7H,8H2;2H2,1H3,(H,4,5). The van der Waals surface area contributed by atoms with Crippen LogP contribution in [0.4, 0.5) is 0 Å². The molecule has 0 saturated heterocycles. The van der Waals surface area contributed by atoms with Gasteiger partial charge in [-0.1, -0.05) is 13.0 Å². The second kappa shape index (κ2) is 6.44. The summed E-state index contributed by atoms with van der Waals surface area (Å²) in [5.41, 5.74) is 0. The van der Waals surface area contributed by atoms with Crippen LogP contribution in [0.2, 0.25) is 0 Å². The first-order valence-corrected chi connectivity index (χ1v) is 4.57. The Balaban J connectivity index is 0.000000252. The Morgan fingerprint density at radius 2 is 2.15 bits per heavy atom. The predicted octanol–water partition coefficient (Wildman–Crippen LogP) is -0.229. The smallest absolute Gasteiger partial charge is 0.119 e. The molecule has 0 spiro atoms. The monoisotopic (exact) mass is 200 g/mol. The normalized spacial score (nSPS) is 8.69. The van der Waals surface area contributed by atoms with Crippen LogP contribution in [0.5, 0.6) is 5.75 Å². The maximum Gasteiger partial charge on any atom is 0.119 e. The van der Waals surface area contributed by atoms with Crippen LogP contribution >= 0.6 is 9.24 Å². The lowest BCUT2D eigenvalue weighted by Crippen LogP contribution is -2.19. The molecule has 0 bridgehead atoms. The highest BCUT2D eigenvalue weighted by Crippen LogP contribution is 2.04. The highest BCUT2D eigenvalue weighted by atomic mass is 31.0. The van der Waals surface area contributed by atoms with Gasteiger partial charge >= 0.3 is 0 Å². The van der Waals surface area contributed by atoms with Crippen molar-refractivity contribution in [2.75, 3.05) is 0 Å². The number of rotatable bonds is 1. The lowest BCUT2D eigenvalue weighted by atomic mass is 10.3. The zero-order chi connectivity index (χ0) is 10.3. The van der Waals surface area contributed by atoms with Crippen LogP contribution in [0.25, 0.3) is 0 Å². The Morgan fingerprint density at radius 3 is 2.38 bits per heavy atom. The number of carboxylic acids is 1. The first-order chi connectivity index (χ1) is 6.06. The number of phenolic OH excluding ortho intramolecular Hbond substituents is 1. The van der Waals surface area contributed by atoms with Crippen molar-refractivity contribution in [2.24, 2.45) is 0 Å². The molecule has 0 aliphatic rings. The Hall–Kier alpha value is -1.08. The molecule has 3 nitrogen and oxygen atoms in total. The maximum atomic E-state index is 9.26. The van der Waals surface area contributed by atoms with Crippen molar-refractivity contribution in [3.05, 3.63) is 24.3 Å². The zero-order valence-electron chi connectivity index (χ0n) is 7.49. The molecule has 0 aliphatic carbocycles. The zero-order valence-corrected chi connectivity index (χ0v) is 8.90. The number of benzene rings is 1. The van der Waals surface area contributed by atoms with Crippen molar-refractivity contribution < 1.29 is 15.0 Å². The molecule has 1 aromatic carbocycles. The summed E-state index contributed by atoms with van der Waals surface area (Å²) in [7, 11) is 1.76. The minimum atomic E-state index is -0.995. The Morgan fingerprint density at radius 1 is 1.62 bits per heavy atom. The second-order valence-corrected chi connectivity index (χ2v) is 3.21. The number of carboxylic acid groups (broad SMARTS) is 1. The topological polar surface area (TPSA) is 60.4 Å². The molecule has 13 heavy (non-hydrogen) atoms. The van der Waals surface area contributed by atoms with Gasteiger partial charge in [0.15, 0.2) is 0 Å². The van der Waals surface area contributed by atoms with Crippen LogP contribution in [-0.4, -0.2) is 11.1 Å². The fourth-order valence-electron chi connectivity index (χ4n) is 0.556. The van der Waals surface area contributed by atoms with Gasteiger partial charge in [0, 0.05) is 21.3 Å². The SMILES string of the molecule is CCC(=O)[O-].Oc1cccc([PH3+])c1. The minimum Gasteiger partial charge on any atom is -0.550 e. The predicted molar refractivity (Wildman–Crippen MR) is 54.1 cm³/mol. The summed E-state index contributed by atoms with van der Waals surface area (Å²) in [6, 6.07) is 7.19. The average molecular weight is 200 g/mol. The van der Waals surface area contributed by atoms with E-state index in [1.54, 1.807) is 21.4 Å². The number of hydrogen-bond acceptors (Lipinski definition) is 3. The third kappa shape index (κ3) is 7.29. The number of carbonyl (C=O) groups excluding carboxylic acids is 1. The number of aromatic hydroxyl groups is 1. The molecule has 0 aliphatic heterocycles. The van der Waals surface area contributed by atoms with Crippen molar-refractivity contribution in [2.45, 2.75) is 13.3 Å². The van der Waals surface area contributed by atoms with E-state index in [0.717, 1.165) is 5.30 Å². The van der Waals surface area contributed by atoms with Crippen LogP contribution in [0, 0.1) is 0 Å². The summed E-state index contributed by atoms with van der Waals surface area (Å²) in [5.74, 6) is -0.650. The van der Waals surface area contributed by atoms with Gasteiger partial charge in [-0.25, -0.2) is 0 Å². The highest BCUT2D eigenvalue weighted by Gasteiger charge is 1.87. The molecule has 72 valence electrons. The quantitative estimate of drug-likeness (QED) is 0.637. The number of hydrogen-bond donors (Lipinski definition) is 1. The lowest BCUT2D eigenvalue weighted by molar-refractivity contribution is -0.305. The van der Waals surface area contributed by atoms with E-state index in [0.29, 0.717) is 5.75 Å². The lowest BCUT2D eigenvalue weighted by Gasteiger charge is -1.87. The number of phenols is 1. The maximum absolute atomic E-state index is 9.26. The first-order valence-electron chi connectivity index (χ1n) is 3.87. The van der Waals surface area contributed by atoms with Crippen molar-refractivity contribution in [3.63, 3.8) is 0 Å². The molecule has 1 unspecified atom stereocenters. The molecule has 0 fully saturated rings. The van der Waals surface area contributed by atoms with E-state index in [4.69, 9.17) is 5.11 Å². The average Bonchev–Trinajstić information content (AvgIpc) is 2.05. The summed E-state index contributed by atoms with van der Waals surface area (Å²) in [4.78, 5) is 9.26. The van der Waals surface area contributed by atoms with E-state index < -0.39 is 5.97 Å². The van der Waals surface area contributed by atoms with Gasteiger partial charge in [-0.05, 0) is 18.6 Å². The van der Waals surface area contributed by atoms with E-state index in [-0.39, 0.29) is 6.42 Å². The minimum absolute atomic E-state index is 0.111. The summed E-state index contributed by atoms with van der Waals surface area (Å²) in [6.45, 7) is 1.54. The van der Waals surface area contributed by atoms with Crippen molar-refractivity contribution in [3.8, 4) is 5.75 Å². The van der Waals surface area contributed by atoms with Crippen molar-refractivity contribution >= 4 is 20.5 Å². The van der Waals surface area contributed by atoms with E-state index in [9.17, 15) is 9.90 Å². The molecule has 0 heterocycles. The molecule has 1 atom stereocenters. The van der Waals surface area contributed by atoms with Gasteiger partial charge in [-0.2, -0.15) is 0 Å². The van der Waals surface area contributed by atoms with Gasteiger partial charge in [-0.15, -0.1) is 0 Å². The molecule has 0 saturated carbocycles. The third-order valence-electron chi connectivity index (χ3n) is 1.20. The summed E-state index contributed by atoms with van der Waals surface area (Å²) in [6.07, 6.45) is 0.111. The molecule has 1 N–H and O–H groups in total. The van der Waals surface area contributed by atoms with E-state index in [2.05, 4.69) is 0 Å². The molecular formula is C9H13O3P. The summed E-state index contributed by atoms with van der Waals surface area (Å²) < 4.78 is 0. The van der Waals surface area contributed by atoms with Crippen LogP contribution in [0.3, 0.4) is 0 Å². The first kappa shape index (κ1) is 11.9. The Kier molecular flexibility index (Phi) is 5.90. The molecule has 0 amide bonds. The van der Waals surface area contributed by atoms with Gasteiger partial charge in [0.1, 0.15) is 5.75 Å². The van der Waals surface area contributed by atoms with Crippen LogP contribution < -0.4 is 10.4 Å². The van der Waals surface area contributed by atoms with E-state index in [1.807, 2.05) is 12.1 Å². The molecule has 0 radical (unpaired) electrons. The molecule has 4 heteroatoms. The van der Waals surface area contributed by atoms with Crippen LogP contribution in [0.15, 0.2) is 24.3 Å². The van der Waals surface area contributed by atoms with Gasteiger partial charge in [0.25, 0.3) is 0 Å². The number of aliphatic carboxylic acids is 1. The highest BCUT2D eigenvalue weighted by molar-refractivity contribution is 7.27. The summed E-state index contributed by atoms with van der Waals surface area (Å²) in [5, 5.41) is 19.2. The molecule has 0 aromatic heterocycles. The van der Waals surface area contributed by atoms with Crippen LogP contribution in [0.1, 0.15) is 13.3 Å². The molecular weight excluding hydrogens is 187 g/mol. The third-order valence-corrected chi connectivity index (χ3v) is 1.64. The second-order valence-electron chi connectivity index (χ2n) is 2.40. The number of carbonyl (C=O) groups is 1. The van der Waals surface area contributed by atoms with E-state index in [1.165, 1.54) is 6.92 Å². The molecule has 1 aromatic rings. The van der Waals surface area contributed by atoms with Gasteiger partial charge < -0.3 is 15.0 Å². The van der Waals surface area contributed by atoms with Crippen molar-refractivity contribution in [1.29, 1.82) is 0 Å². The summed E-state index contributed by atoms with van der Waals surface area (Å²) >= 11 is 0. The van der Waals surface area contributed by atoms with E-state index >= 15 is 0 Å². The van der Waals surface area contributed by atoms with Gasteiger partial charge in [0.05, 0.1) is 5.30 Å². The van der Waals surface area contributed by atoms with Crippen LogP contribution in [-0.2, 0) is 4.79 Å². The fourth-order valence-corrected chi connectivity index (χ4v) is 0.902. The molecule has 1 rings (SSSR count). The fraction of sp³-hybridized carbons (Fsp3) is 0.222.